The molecule has 0 radical (unpaired) electrons. The third-order valence-corrected chi connectivity index (χ3v) is 4.77. The fraction of sp³-hybridized carbons (Fsp3) is 0.130. The maximum absolute atomic E-state index is 13.5. The van der Waals surface area contributed by atoms with E-state index in [-0.39, 0.29) is 5.82 Å². The Morgan fingerprint density at radius 2 is 1.84 bits per heavy atom. The van der Waals surface area contributed by atoms with Crippen LogP contribution in [-0.2, 0) is 9.47 Å². The van der Waals surface area contributed by atoms with Crippen molar-refractivity contribution in [3.63, 3.8) is 0 Å². The lowest BCUT2D eigenvalue weighted by atomic mass is 10.1. The molecule has 1 aliphatic rings. The Hall–Kier alpha value is -3.95. The van der Waals surface area contributed by atoms with Crippen LogP contribution in [0.1, 0.15) is 12.1 Å². The van der Waals surface area contributed by atoms with Gasteiger partial charge in [-0.1, -0.05) is 6.58 Å². The highest BCUT2D eigenvalue weighted by Gasteiger charge is 2.25. The number of H-pyrrole nitrogens is 1. The zero-order chi connectivity index (χ0) is 21.9. The summed E-state index contributed by atoms with van der Waals surface area (Å²) in [6.45, 7) is 4.64. The Balaban J connectivity index is 1.54. The molecule has 1 aliphatic heterocycles. The third-order valence-electron chi connectivity index (χ3n) is 4.77. The maximum atomic E-state index is 13.5. The second-order valence-corrected chi connectivity index (χ2v) is 7.19. The number of ether oxygens (including phenoxy) is 2. The molecular formula is C23H19FN6O2. The smallest absolute Gasteiger partial charge is 0.227 e. The molecule has 5 rings (SSSR count). The summed E-state index contributed by atoms with van der Waals surface area (Å²) in [5.41, 5.74) is 4.18. The highest BCUT2D eigenvalue weighted by atomic mass is 19.1. The first-order chi connectivity index (χ1) is 15.7. The minimum Gasteiger partial charge on any atom is -0.341 e. The van der Waals surface area contributed by atoms with Gasteiger partial charge in [0.15, 0.2) is 5.82 Å². The van der Waals surface area contributed by atoms with E-state index in [9.17, 15) is 4.39 Å². The number of aromatic amines is 1. The van der Waals surface area contributed by atoms with Crippen LogP contribution < -0.4 is 5.32 Å². The zero-order valence-electron chi connectivity index (χ0n) is 17.0. The summed E-state index contributed by atoms with van der Waals surface area (Å²) >= 11 is 0. The number of hydrogen-bond acceptors (Lipinski definition) is 7. The van der Waals surface area contributed by atoms with Crippen molar-refractivity contribution in [3.05, 3.63) is 84.8 Å². The molecule has 1 aromatic carbocycles. The molecule has 4 aromatic rings. The summed E-state index contributed by atoms with van der Waals surface area (Å²) in [5.74, 6) is 0.568. The van der Waals surface area contributed by atoms with Gasteiger partial charge in [-0.2, -0.15) is 0 Å². The van der Waals surface area contributed by atoms with Gasteiger partial charge < -0.3 is 19.8 Å². The Morgan fingerprint density at radius 3 is 2.59 bits per heavy atom. The molecule has 0 spiro atoms. The Bertz CT molecular complexity index is 1230. The molecule has 1 fully saturated rings. The number of pyridine rings is 1. The molecule has 1 saturated heterocycles. The first-order valence-corrected chi connectivity index (χ1v) is 9.92. The Kier molecular flexibility index (Phi) is 5.40. The largest absolute Gasteiger partial charge is 0.341 e. The number of benzene rings is 1. The minimum absolute atomic E-state index is 0.325. The molecule has 0 bridgehead atoms. The van der Waals surface area contributed by atoms with Gasteiger partial charge in [0, 0.05) is 18.0 Å². The first-order valence-electron chi connectivity index (χ1n) is 9.92. The lowest BCUT2D eigenvalue weighted by molar-refractivity contribution is -0.165. The third kappa shape index (κ3) is 4.25. The summed E-state index contributed by atoms with van der Waals surface area (Å²) in [4.78, 5) is 21.0. The number of nitrogens with one attached hydrogen (secondary N) is 2. The van der Waals surface area contributed by atoms with Crippen LogP contribution >= 0.6 is 0 Å². The Morgan fingerprint density at radius 1 is 1.03 bits per heavy atom. The predicted octanol–water partition coefficient (Wildman–Crippen LogP) is 4.41. The molecule has 32 heavy (non-hydrogen) atoms. The number of aromatic nitrogens is 5. The second kappa shape index (κ2) is 8.66. The van der Waals surface area contributed by atoms with E-state index >= 15 is 0 Å². The quantitative estimate of drug-likeness (QED) is 0.453. The van der Waals surface area contributed by atoms with Crippen molar-refractivity contribution in [2.75, 3.05) is 18.5 Å². The number of rotatable bonds is 5. The van der Waals surface area contributed by atoms with Gasteiger partial charge in [0.25, 0.3) is 0 Å². The van der Waals surface area contributed by atoms with Gasteiger partial charge in [-0.15, -0.1) is 0 Å². The molecule has 4 heterocycles. The molecule has 0 atom stereocenters. The molecular weight excluding hydrogens is 411 g/mol. The second-order valence-electron chi connectivity index (χ2n) is 7.19. The van der Waals surface area contributed by atoms with Crippen molar-refractivity contribution in [2.45, 2.75) is 6.29 Å². The van der Waals surface area contributed by atoms with Crippen molar-refractivity contribution >= 4 is 11.6 Å². The van der Waals surface area contributed by atoms with E-state index in [0.29, 0.717) is 42.1 Å². The van der Waals surface area contributed by atoms with Gasteiger partial charge in [0.1, 0.15) is 5.82 Å². The minimum atomic E-state index is -0.664. The van der Waals surface area contributed by atoms with Gasteiger partial charge in [-0.25, -0.2) is 19.3 Å². The van der Waals surface area contributed by atoms with E-state index in [4.69, 9.17) is 14.5 Å². The monoisotopic (exact) mass is 430 g/mol. The van der Waals surface area contributed by atoms with Crippen molar-refractivity contribution in [3.8, 4) is 22.6 Å². The van der Waals surface area contributed by atoms with Crippen LogP contribution in [0.15, 0.2) is 73.2 Å². The molecule has 2 N–H and O–H groups in total. The molecule has 0 saturated carbocycles. The van der Waals surface area contributed by atoms with Crippen LogP contribution in [0.25, 0.3) is 22.6 Å². The van der Waals surface area contributed by atoms with Gasteiger partial charge >= 0.3 is 0 Å². The van der Waals surface area contributed by atoms with E-state index in [1.807, 2.05) is 12.1 Å². The van der Waals surface area contributed by atoms with Gasteiger partial charge in [-0.05, 0) is 48.0 Å². The van der Waals surface area contributed by atoms with E-state index in [1.54, 1.807) is 36.8 Å². The van der Waals surface area contributed by atoms with Gasteiger partial charge in [0.05, 0.1) is 42.2 Å². The van der Waals surface area contributed by atoms with Crippen LogP contribution in [0.3, 0.4) is 0 Å². The molecule has 160 valence electrons. The summed E-state index contributed by atoms with van der Waals surface area (Å²) in [6, 6.07) is 11.6. The Labute approximate surface area is 183 Å². The molecule has 0 amide bonds. The molecule has 8 nitrogen and oxygen atoms in total. The van der Waals surface area contributed by atoms with E-state index < -0.39 is 6.29 Å². The highest BCUT2D eigenvalue weighted by Crippen LogP contribution is 2.33. The van der Waals surface area contributed by atoms with Crippen molar-refractivity contribution < 1.29 is 13.9 Å². The van der Waals surface area contributed by atoms with Crippen LogP contribution in [-0.4, -0.2) is 38.1 Å². The topological polar surface area (TPSA) is 97.8 Å². The molecule has 0 aliphatic carbocycles. The van der Waals surface area contributed by atoms with Gasteiger partial charge in [0.2, 0.25) is 12.2 Å². The van der Waals surface area contributed by atoms with Gasteiger partial charge in [-0.3, -0.25) is 4.98 Å². The van der Waals surface area contributed by atoms with Crippen molar-refractivity contribution in [1.82, 2.24) is 24.9 Å². The SMILES string of the molecule is C=C1COC(c2nc(-c3ccc(F)cc3)c(-c3ccnc(Nc4cccnc4)n3)[nH]2)OC1. The fourth-order valence-corrected chi connectivity index (χ4v) is 3.26. The van der Waals surface area contributed by atoms with Crippen LogP contribution in [0.2, 0.25) is 0 Å². The van der Waals surface area contributed by atoms with Crippen molar-refractivity contribution in [2.24, 2.45) is 0 Å². The summed E-state index contributed by atoms with van der Waals surface area (Å²) in [7, 11) is 0. The number of imidazole rings is 1. The standard InChI is InChI=1S/C23H19FN6O2/c1-14-12-31-22(32-13-14)21-29-19(15-4-6-16(24)7-5-15)20(30-21)18-8-10-26-23(28-18)27-17-3-2-9-25-11-17/h2-11,22H,1,12-13H2,(H,29,30)(H,26,27,28). The number of halogens is 1. The summed E-state index contributed by atoms with van der Waals surface area (Å²) in [6.07, 6.45) is 4.35. The lowest BCUT2D eigenvalue weighted by Crippen LogP contribution is -2.20. The first kappa shape index (κ1) is 20.0. The maximum Gasteiger partial charge on any atom is 0.227 e. The van der Waals surface area contributed by atoms with Crippen LogP contribution in [0.5, 0.6) is 0 Å². The molecule has 0 unspecified atom stereocenters. The summed E-state index contributed by atoms with van der Waals surface area (Å²) < 4.78 is 24.9. The average molecular weight is 430 g/mol. The fourth-order valence-electron chi connectivity index (χ4n) is 3.26. The average Bonchev–Trinajstić information content (AvgIpc) is 3.26. The number of nitrogens with zero attached hydrogens (tertiary/aromatic N) is 4. The van der Waals surface area contributed by atoms with E-state index in [0.717, 1.165) is 16.8 Å². The number of hydrogen-bond donors (Lipinski definition) is 2. The summed E-state index contributed by atoms with van der Waals surface area (Å²) in [5, 5.41) is 3.13. The predicted molar refractivity (Wildman–Crippen MR) is 116 cm³/mol. The van der Waals surface area contributed by atoms with Crippen LogP contribution in [0.4, 0.5) is 16.0 Å². The van der Waals surface area contributed by atoms with Crippen molar-refractivity contribution in [1.29, 1.82) is 0 Å². The zero-order valence-corrected chi connectivity index (χ0v) is 17.0. The highest BCUT2D eigenvalue weighted by molar-refractivity contribution is 5.77. The van der Waals surface area contributed by atoms with Crippen LogP contribution in [0, 0.1) is 5.82 Å². The molecule has 9 heteroatoms. The normalized spacial score (nSPS) is 14.5. The lowest BCUT2D eigenvalue weighted by Gasteiger charge is -2.22. The van der Waals surface area contributed by atoms with E-state index in [1.165, 1.54) is 12.1 Å². The number of anilines is 2. The van der Waals surface area contributed by atoms with E-state index in [2.05, 4.69) is 31.8 Å². The molecule has 3 aromatic heterocycles.